The number of hydrogen-bond donors (Lipinski definition) is 3. The molecule has 0 aromatic heterocycles. The summed E-state index contributed by atoms with van der Waals surface area (Å²) in [5, 5.41) is 9.85. The molecule has 28 heavy (non-hydrogen) atoms. The van der Waals surface area contributed by atoms with Crippen LogP contribution in [0, 0.1) is 5.92 Å². The largest absolute Gasteiger partial charge is 0.450 e. The number of rotatable bonds is 7. The van der Waals surface area contributed by atoms with Crippen LogP contribution in [0.15, 0.2) is 35.3 Å². The van der Waals surface area contributed by atoms with Gasteiger partial charge in [0.05, 0.1) is 12.6 Å². The van der Waals surface area contributed by atoms with Gasteiger partial charge in [-0.3, -0.25) is 4.99 Å². The predicted octanol–water partition coefficient (Wildman–Crippen LogP) is 2.57. The first-order valence-electron chi connectivity index (χ1n) is 9.90. The third kappa shape index (κ3) is 6.72. The van der Waals surface area contributed by atoms with E-state index in [1.807, 2.05) is 13.0 Å². The van der Waals surface area contributed by atoms with Gasteiger partial charge in [0.25, 0.3) is 0 Å². The number of hydrogen-bond acceptors (Lipinski definition) is 4. The Morgan fingerprint density at radius 3 is 2.68 bits per heavy atom. The molecule has 7 nitrogen and oxygen atoms in total. The average molecular weight is 501 g/mol. The smallest absolute Gasteiger partial charge is 0.407 e. The molecule has 1 amide bonds. The molecule has 1 saturated carbocycles. The van der Waals surface area contributed by atoms with E-state index in [4.69, 9.17) is 4.74 Å². The Bertz CT molecular complexity index is 639. The van der Waals surface area contributed by atoms with Gasteiger partial charge in [-0.2, -0.15) is 0 Å². The first kappa shape index (κ1) is 22.6. The van der Waals surface area contributed by atoms with Crippen LogP contribution in [-0.2, 0) is 4.74 Å². The zero-order chi connectivity index (χ0) is 19.1. The number of alkyl carbamates (subject to hydrolysis) is 1. The molecule has 2 aliphatic rings. The van der Waals surface area contributed by atoms with Crippen LogP contribution in [0.2, 0.25) is 0 Å². The van der Waals surface area contributed by atoms with Gasteiger partial charge in [0, 0.05) is 38.4 Å². The predicted molar refractivity (Wildman–Crippen MR) is 124 cm³/mol. The van der Waals surface area contributed by atoms with Crippen molar-refractivity contribution in [2.45, 2.75) is 38.3 Å². The second-order valence-electron chi connectivity index (χ2n) is 7.17. The first-order valence-corrected chi connectivity index (χ1v) is 9.90. The van der Waals surface area contributed by atoms with Crippen LogP contribution in [0.4, 0.5) is 10.5 Å². The Kier molecular flexibility index (Phi) is 9.14. The molecular formula is C20H32IN5O2. The van der Waals surface area contributed by atoms with Crippen molar-refractivity contribution in [3.05, 3.63) is 30.3 Å². The van der Waals surface area contributed by atoms with Crippen LogP contribution in [0.25, 0.3) is 0 Å². The van der Waals surface area contributed by atoms with Crippen molar-refractivity contribution < 1.29 is 9.53 Å². The molecule has 1 aromatic carbocycles. The Morgan fingerprint density at radius 2 is 2.04 bits per heavy atom. The van der Waals surface area contributed by atoms with Crippen LogP contribution >= 0.6 is 24.0 Å². The lowest BCUT2D eigenvalue weighted by Gasteiger charge is -2.23. The number of amides is 1. The monoisotopic (exact) mass is 501 g/mol. The third-order valence-corrected chi connectivity index (χ3v) is 5.13. The maximum absolute atomic E-state index is 11.7. The molecule has 2 atom stereocenters. The van der Waals surface area contributed by atoms with E-state index in [1.54, 1.807) is 7.05 Å². The fourth-order valence-corrected chi connectivity index (χ4v) is 3.50. The molecule has 0 spiro atoms. The number of para-hydroxylation sites is 1. The van der Waals surface area contributed by atoms with E-state index < -0.39 is 0 Å². The molecule has 2 fully saturated rings. The third-order valence-electron chi connectivity index (χ3n) is 5.13. The highest BCUT2D eigenvalue weighted by molar-refractivity contribution is 14.0. The Balaban J connectivity index is 0.00000280. The van der Waals surface area contributed by atoms with E-state index in [2.05, 4.69) is 50.1 Å². The van der Waals surface area contributed by atoms with Gasteiger partial charge in [-0.1, -0.05) is 18.2 Å². The molecule has 2 unspecified atom stereocenters. The number of aliphatic imine (C=N–C) groups is 1. The van der Waals surface area contributed by atoms with Crippen molar-refractivity contribution in [2.24, 2.45) is 10.9 Å². The Hall–Kier alpha value is -1.71. The number of halogens is 1. The number of anilines is 1. The number of benzene rings is 1. The number of nitrogens with zero attached hydrogens (tertiary/aromatic N) is 2. The summed E-state index contributed by atoms with van der Waals surface area (Å²) in [7, 11) is 1.78. The van der Waals surface area contributed by atoms with Crippen LogP contribution in [-0.4, -0.2) is 57.4 Å². The minimum absolute atomic E-state index is 0. The summed E-state index contributed by atoms with van der Waals surface area (Å²) in [6.45, 7) is 4.85. The summed E-state index contributed by atoms with van der Waals surface area (Å²) in [6, 6.07) is 10.9. The zero-order valence-corrected chi connectivity index (χ0v) is 19.0. The Morgan fingerprint density at radius 1 is 1.29 bits per heavy atom. The van der Waals surface area contributed by atoms with Crippen molar-refractivity contribution >= 4 is 41.7 Å². The van der Waals surface area contributed by atoms with Gasteiger partial charge in [-0.15, -0.1) is 24.0 Å². The van der Waals surface area contributed by atoms with Crippen molar-refractivity contribution in [1.82, 2.24) is 16.0 Å². The van der Waals surface area contributed by atoms with E-state index in [-0.39, 0.29) is 36.1 Å². The highest BCUT2D eigenvalue weighted by atomic mass is 127. The topological polar surface area (TPSA) is 78.0 Å². The van der Waals surface area contributed by atoms with Gasteiger partial charge in [-0.05, 0) is 44.2 Å². The second kappa shape index (κ2) is 11.3. The molecule has 1 aliphatic carbocycles. The van der Waals surface area contributed by atoms with Crippen molar-refractivity contribution in [2.75, 3.05) is 38.2 Å². The highest BCUT2D eigenvalue weighted by Gasteiger charge is 2.33. The summed E-state index contributed by atoms with van der Waals surface area (Å²) < 4.78 is 5.02. The molecule has 8 heteroatoms. The van der Waals surface area contributed by atoms with E-state index in [0.29, 0.717) is 25.1 Å². The molecule has 1 saturated heterocycles. The SMILES string of the molecule is CCOC(=O)NC(CNC(=NC)NC1CCN(c2ccccc2)C1)C1CC1.I. The summed E-state index contributed by atoms with van der Waals surface area (Å²) in [5.74, 6) is 1.31. The normalized spacial score (nSPS) is 20.1. The second-order valence-corrected chi connectivity index (χ2v) is 7.17. The quantitative estimate of drug-likeness (QED) is 0.304. The summed E-state index contributed by atoms with van der Waals surface area (Å²) in [4.78, 5) is 18.5. The van der Waals surface area contributed by atoms with E-state index in [0.717, 1.165) is 38.3 Å². The minimum Gasteiger partial charge on any atom is -0.450 e. The van der Waals surface area contributed by atoms with Crippen molar-refractivity contribution in [1.29, 1.82) is 0 Å². The maximum Gasteiger partial charge on any atom is 0.407 e. The molecule has 156 valence electrons. The zero-order valence-electron chi connectivity index (χ0n) is 16.7. The van der Waals surface area contributed by atoms with E-state index >= 15 is 0 Å². The lowest BCUT2D eigenvalue weighted by atomic mass is 10.2. The lowest BCUT2D eigenvalue weighted by molar-refractivity contribution is 0.146. The van der Waals surface area contributed by atoms with Gasteiger partial charge in [0.1, 0.15) is 0 Å². The van der Waals surface area contributed by atoms with Crippen molar-refractivity contribution in [3.63, 3.8) is 0 Å². The fourth-order valence-electron chi connectivity index (χ4n) is 3.50. The first-order chi connectivity index (χ1) is 13.2. The van der Waals surface area contributed by atoms with Gasteiger partial charge in [0.15, 0.2) is 5.96 Å². The van der Waals surface area contributed by atoms with Gasteiger partial charge in [0.2, 0.25) is 0 Å². The molecular weight excluding hydrogens is 469 g/mol. The molecule has 3 N–H and O–H groups in total. The maximum atomic E-state index is 11.7. The van der Waals surface area contributed by atoms with Gasteiger partial charge < -0.3 is 25.6 Å². The summed E-state index contributed by atoms with van der Waals surface area (Å²) >= 11 is 0. The van der Waals surface area contributed by atoms with Crippen molar-refractivity contribution in [3.8, 4) is 0 Å². The molecule has 1 heterocycles. The lowest BCUT2D eigenvalue weighted by Crippen LogP contribution is -2.50. The Labute approximate surface area is 184 Å². The van der Waals surface area contributed by atoms with E-state index in [9.17, 15) is 4.79 Å². The summed E-state index contributed by atoms with van der Waals surface area (Å²) in [5.41, 5.74) is 1.26. The van der Waals surface area contributed by atoms with Gasteiger partial charge >= 0.3 is 6.09 Å². The standard InChI is InChI=1S/C20H31N5O2.HI/c1-3-27-20(26)24-18(15-9-10-15)13-22-19(21-2)23-16-11-12-25(14-16)17-7-5-4-6-8-17;/h4-8,15-16,18H,3,9-14H2,1-2H3,(H,24,26)(H2,21,22,23);1H. The number of carbonyl (C=O) groups is 1. The number of ether oxygens (including phenoxy) is 1. The highest BCUT2D eigenvalue weighted by Crippen LogP contribution is 2.32. The van der Waals surface area contributed by atoms with Crippen LogP contribution in [0.1, 0.15) is 26.2 Å². The van der Waals surface area contributed by atoms with Crippen LogP contribution in [0.3, 0.4) is 0 Å². The summed E-state index contributed by atoms with van der Waals surface area (Å²) in [6.07, 6.45) is 3.04. The fraction of sp³-hybridized carbons (Fsp3) is 0.600. The van der Waals surface area contributed by atoms with E-state index in [1.165, 1.54) is 5.69 Å². The molecule has 1 aromatic rings. The molecule has 0 radical (unpaired) electrons. The van der Waals surface area contributed by atoms with Gasteiger partial charge in [-0.25, -0.2) is 4.79 Å². The molecule has 3 rings (SSSR count). The minimum atomic E-state index is -0.339. The number of guanidine groups is 1. The van der Waals surface area contributed by atoms with Crippen LogP contribution < -0.4 is 20.9 Å². The molecule has 0 bridgehead atoms. The average Bonchev–Trinajstić information content (AvgIpc) is 3.43. The number of carbonyl (C=O) groups excluding carboxylic acids is 1. The molecule has 1 aliphatic heterocycles. The van der Waals surface area contributed by atoms with Crippen LogP contribution in [0.5, 0.6) is 0 Å². The number of nitrogens with one attached hydrogen (secondary N) is 3.